The van der Waals surface area contributed by atoms with Gasteiger partial charge >= 0.3 is 0 Å². The van der Waals surface area contributed by atoms with Gasteiger partial charge in [-0.2, -0.15) is 11.8 Å². The van der Waals surface area contributed by atoms with Crippen molar-refractivity contribution in [1.29, 1.82) is 0 Å². The number of hydrogen-bond acceptors (Lipinski definition) is 6. The van der Waals surface area contributed by atoms with Crippen molar-refractivity contribution in [1.82, 2.24) is 9.97 Å². The highest BCUT2D eigenvalue weighted by atomic mass is 32.2. The first-order valence-electron chi connectivity index (χ1n) is 5.89. The molecule has 0 aliphatic heterocycles. The first-order valence-corrected chi connectivity index (χ1v) is 7.29. The molecule has 0 aromatic carbocycles. The zero-order valence-corrected chi connectivity index (χ0v) is 12.2. The summed E-state index contributed by atoms with van der Waals surface area (Å²) in [5.41, 5.74) is 0.0991. The minimum absolute atomic E-state index is 0.442. The third-order valence-electron chi connectivity index (χ3n) is 2.41. The summed E-state index contributed by atoms with van der Waals surface area (Å²) in [6.45, 7) is 6.63. The number of anilines is 1. The number of aliphatic hydroxyl groups is 1. The fourth-order valence-corrected chi connectivity index (χ4v) is 2.25. The van der Waals surface area contributed by atoms with Gasteiger partial charge in [0.15, 0.2) is 0 Å². The number of hydrogen-bond donors (Lipinski definition) is 2. The van der Waals surface area contributed by atoms with E-state index in [0.29, 0.717) is 30.6 Å². The standard InChI is InChI=1S/C12H21N3O2S/c1-5-17-11-9(2)10(14-8-15-11)13-6-12(3,16)7-18-4/h8,16H,5-7H2,1-4H3,(H,13,14,15). The summed E-state index contributed by atoms with van der Waals surface area (Å²) in [5.74, 6) is 1.96. The summed E-state index contributed by atoms with van der Waals surface area (Å²) >= 11 is 1.61. The maximum atomic E-state index is 10.1. The molecule has 1 aromatic rings. The van der Waals surface area contributed by atoms with E-state index in [4.69, 9.17) is 4.74 Å². The smallest absolute Gasteiger partial charge is 0.221 e. The Bertz CT molecular complexity index is 386. The average Bonchev–Trinajstić information content (AvgIpc) is 2.30. The van der Waals surface area contributed by atoms with Crippen molar-refractivity contribution in [2.75, 3.05) is 30.5 Å². The minimum atomic E-state index is -0.761. The summed E-state index contributed by atoms with van der Waals surface area (Å²) in [5, 5.41) is 13.2. The van der Waals surface area contributed by atoms with Crippen LogP contribution in [0.1, 0.15) is 19.4 Å². The molecule has 0 aliphatic carbocycles. The van der Waals surface area contributed by atoms with Crippen LogP contribution in [0.5, 0.6) is 5.88 Å². The first-order chi connectivity index (χ1) is 8.50. The third kappa shape index (κ3) is 4.34. The first kappa shape index (κ1) is 15.0. The largest absolute Gasteiger partial charge is 0.478 e. The van der Waals surface area contributed by atoms with Crippen LogP contribution < -0.4 is 10.1 Å². The highest BCUT2D eigenvalue weighted by Crippen LogP contribution is 2.21. The van der Waals surface area contributed by atoms with Crippen LogP contribution >= 0.6 is 11.8 Å². The topological polar surface area (TPSA) is 67.3 Å². The van der Waals surface area contributed by atoms with E-state index in [1.54, 1.807) is 18.7 Å². The molecule has 1 rings (SSSR count). The Morgan fingerprint density at radius 3 is 2.83 bits per heavy atom. The molecule has 0 bridgehead atoms. The fourth-order valence-electron chi connectivity index (χ4n) is 1.53. The van der Waals surface area contributed by atoms with E-state index in [9.17, 15) is 5.11 Å². The van der Waals surface area contributed by atoms with Gasteiger partial charge in [-0.25, -0.2) is 9.97 Å². The zero-order chi connectivity index (χ0) is 13.6. The van der Waals surface area contributed by atoms with Crippen LogP contribution in [0.25, 0.3) is 0 Å². The molecule has 6 heteroatoms. The molecule has 2 N–H and O–H groups in total. The zero-order valence-electron chi connectivity index (χ0n) is 11.4. The molecule has 0 saturated heterocycles. The van der Waals surface area contributed by atoms with Crippen LogP contribution in [0.2, 0.25) is 0 Å². The second-order valence-electron chi connectivity index (χ2n) is 4.37. The molecule has 1 heterocycles. The van der Waals surface area contributed by atoms with E-state index in [1.165, 1.54) is 6.33 Å². The van der Waals surface area contributed by atoms with E-state index in [2.05, 4.69) is 15.3 Å². The molecule has 102 valence electrons. The number of ether oxygens (including phenoxy) is 1. The number of rotatable bonds is 7. The van der Waals surface area contributed by atoms with Crippen molar-refractivity contribution >= 4 is 17.6 Å². The molecular formula is C12H21N3O2S. The van der Waals surface area contributed by atoms with E-state index in [0.717, 1.165) is 5.56 Å². The van der Waals surface area contributed by atoms with Crippen LogP contribution in [0.4, 0.5) is 5.82 Å². The van der Waals surface area contributed by atoms with Crippen molar-refractivity contribution in [3.8, 4) is 5.88 Å². The highest BCUT2D eigenvalue weighted by Gasteiger charge is 2.20. The van der Waals surface area contributed by atoms with Crippen LogP contribution in [0.3, 0.4) is 0 Å². The quantitative estimate of drug-likeness (QED) is 0.787. The predicted octanol–water partition coefficient (Wildman–Crippen LogP) is 1.71. The molecule has 0 amide bonds. The summed E-state index contributed by atoms with van der Waals surface area (Å²) in [7, 11) is 0. The Morgan fingerprint density at radius 2 is 2.22 bits per heavy atom. The molecule has 0 fully saturated rings. The van der Waals surface area contributed by atoms with Gasteiger partial charge in [-0.15, -0.1) is 0 Å². The highest BCUT2D eigenvalue weighted by molar-refractivity contribution is 7.98. The Balaban J connectivity index is 2.70. The summed E-state index contributed by atoms with van der Waals surface area (Å²) < 4.78 is 5.40. The fraction of sp³-hybridized carbons (Fsp3) is 0.667. The van der Waals surface area contributed by atoms with Gasteiger partial charge in [-0.1, -0.05) is 0 Å². The second-order valence-corrected chi connectivity index (χ2v) is 5.23. The number of thioether (sulfide) groups is 1. The van der Waals surface area contributed by atoms with Crippen molar-refractivity contribution in [2.24, 2.45) is 0 Å². The molecule has 1 atom stereocenters. The SMILES string of the molecule is CCOc1ncnc(NCC(C)(O)CSC)c1C. The van der Waals surface area contributed by atoms with Gasteiger partial charge in [0.25, 0.3) is 0 Å². The Labute approximate surface area is 112 Å². The van der Waals surface area contributed by atoms with Crippen LogP contribution in [-0.2, 0) is 0 Å². The maximum absolute atomic E-state index is 10.1. The lowest BCUT2D eigenvalue weighted by atomic mass is 10.1. The van der Waals surface area contributed by atoms with Gasteiger partial charge in [0.2, 0.25) is 5.88 Å². The number of aromatic nitrogens is 2. The van der Waals surface area contributed by atoms with Crippen LogP contribution in [0.15, 0.2) is 6.33 Å². The normalized spacial score (nSPS) is 14.1. The molecule has 0 aliphatic rings. The second kappa shape index (κ2) is 6.80. The molecule has 0 radical (unpaired) electrons. The van der Waals surface area contributed by atoms with Gasteiger partial charge < -0.3 is 15.2 Å². The Kier molecular flexibility index (Phi) is 5.68. The summed E-state index contributed by atoms with van der Waals surface area (Å²) in [4.78, 5) is 8.23. The number of nitrogens with one attached hydrogen (secondary N) is 1. The molecule has 5 nitrogen and oxygen atoms in total. The Hall–Kier alpha value is -1.01. The lowest BCUT2D eigenvalue weighted by Crippen LogP contribution is -2.36. The predicted molar refractivity (Wildman–Crippen MR) is 75.4 cm³/mol. The van der Waals surface area contributed by atoms with E-state index >= 15 is 0 Å². The summed E-state index contributed by atoms with van der Waals surface area (Å²) in [6, 6.07) is 0. The van der Waals surface area contributed by atoms with Crippen molar-refractivity contribution in [3.63, 3.8) is 0 Å². The molecule has 0 saturated carbocycles. The van der Waals surface area contributed by atoms with E-state index in [-0.39, 0.29) is 0 Å². The molecule has 1 aromatic heterocycles. The van der Waals surface area contributed by atoms with Gasteiger partial charge in [0, 0.05) is 12.3 Å². The van der Waals surface area contributed by atoms with Gasteiger partial charge in [0.1, 0.15) is 12.1 Å². The van der Waals surface area contributed by atoms with Crippen molar-refractivity contribution in [3.05, 3.63) is 11.9 Å². The molecular weight excluding hydrogens is 250 g/mol. The monoisotopic (exact) mass is 271 g/mol. The minimum Gasteiger partial charge on any atom is -0.478 e. The average molecular weight is 271 g/mol. The maximum Gasteiger partial charge on any atom is 0.221 e. The Morgan fingerprint density at radius 1 is 1.50 bits per heavy atom. The summed E-state index contributed by atoms with van der Waals surface area (Å²) in [6.07, 6.45) is 3.43. The third-order valence-corrected chi connectivity index (χ3v) is 3.32. The van der Waals surface area contributed by atoms with Gasteiger partial charge in [-0.05, 0) is 27.0 Å². The van der Waals surface area contributed by atoms with Crippen LogP contribution in [0, 0.1) is 6.92 Å². The van der Waals surface area contributed by atoms with Crippen molar-refractivity contribution < 1.29 is 9.84 Å². The van der Waals surface area contributed by atoms with Gasteiger partial charge in [0.05, 0.1) is 17.8 Å². The molecule has 18 heavy (non-hydrogen) atoms. The van der Waals surface area contributed by atoms with E-state index in [1.807, 2.05) is 20.1 Å². The lowest BCUT2D eigenvalue weighted by molar-refractivity contribution is 0.0996. The molecule has 1 unspecified atom stereocenters. The van der Waals surface area contributed by atoms with Crippen LogP contribution in [-0.4, -0.2) is 45.8 Å². The lowest BCUT2D eigenvalue weighted by Gasteiger charge is -2.23. The van der Waals surface area contributed by atoms with Crippen molar-refractivity contribution in [2.45, 2.75) is 26.4 Å². The van der Waals surface area contributed by atoms with Gasteiger partial charge in [-0.3, -0.25) is 0 Å². The number of nitrogens with zero attached hydrogens (tertiary/aromatic N) is 2. The molecule has 0 spiro atoms. The van der Waals surface area contributed by atoms with E-state index < -0.39 is 5.60 Å².